The van der Waals surface area contributed by atoms with Crippen molar-refractivity contribution < 1.29 is 4.79 Å². The molecule has 1 amide bonds. The van der Waals surface area contributed by atoms with Crippen LogP contribution < -0.4 is 10.2 Å². The van der Waals surface area contributed by atoms with E-state index >= 15 is 0 Å². The van der Waals surface area contributed by atoms with Gasteiger partial charge in [0.25, 0.3) is 5.91 Å². The van der Waals surface area contributed by atoms with E-state index in [0.717, 1.165) is 24.5 Å². The Kier molecular flexibility index (Phi) is 5.43. The van der Waals surface area contributed by atoms with Crippen molar-refractivity contribution in [3.05, 3.63) is 51.5 Å². The normalized spacial score (nSPS) is 14.6. The molecular formula is C17H19IN4O. The molecule has 2 aromatic rings. The largest absolute Gasteiger partial charge is 0.357 e. The van der Waals surface area contributed by atoms with Gasteiger partial charge in [-0.2, -0.15) is 0 Å². The Morgan fingerprint density at radius 3 is 2.61 bits per heavy atom. The molecule has 0 unspecified atom stereocenters. The van der Waals surface area contributed by atoms with E-state index in [2.05, 4.69) is 42.8 Å². The second kappa shape index (κ2) is 7.72. The van der Waals surface area contributed by atoms with Gasteiger partial charge < -0.3 is 10.2 Å². The summed E-state index contributed by atoms with van der Waals surface area (Å²) in [6.07, 6.45) is 5.10. The van der Waals surface area contributed by atoms with Crippen LogP contribution in [0.5, 0.6) is 0 Å². The molecule has 1 saturated heterocycles. The maximum absolute atomic E-state index is 12.3. The summed E-state index contributed by atoms with van der Waals surface area (Å²) in [5.41, 5.74) is 1.50. The molecule has 3 rings (SSSR count). The number of amides is 1. The van der Waals surface area contributed by atoms with Crippen molar-refractivity contribution in [1.29, 1.82) is 0 Å². The summed E-state index contributed by atoms with van der Waals surface area (Å²) in [5, 5.41) is 2.91. The Morgan fingerprint density at radius 2 is 1.87 bits per heavy atom. The minimum atomic E-state index is -0.163. The summed E-state index contributed by atoms with van der Waals surface area (Å²) < 4.78 is 1.18. The fraction of sp³-hybridized carbons (Fsp3) is 0.353. The fourth-order valence-electron chi connectivity index (χ4n) is 2.64. The summed E-state index contributed by atoms with van der Waals surface area (Å²) in [4.78, 5) is 22.9. The van der Waals surface area contributed by atoms with Crippen LogP contribution in [0.25, 0.3) is 0 Å². The minimum absolute atomic E-state index is 0.163. The zero-order chi connectivity index (χ0) is 16.1. The third-order valence-corrected chi connectivity index (χ3v) is 4.65. The second-order valence-corrected chi connectivity index (χ2v) is 6.86. The van der Waals surface area contributed by atoms with Crippen molar-refractivity contribution in [2.24, 2.45) is 0 Å². The predicted octanol–water partition coefficient (Wildman–Crippen LogP) is 3.00. The molecule has 120 valence electrons. The highest BCUT2D eigenvalue weighted by molar-refractivity contribution is 14.1. The van der Waals surface area contributed by atoms with Gasteiger partial charge in [0.2, 0.25) is 0 Å². The molecule has 0 saturated carbocycles. The standard InChI is InChI=1S/C17H19IN4O/c18-14-6-4-13(5-7-14)11-19-17(23)15-10-16(21-12-20-15)22-8-2-1-3-9-22/h4-7,10,12H,1-3,8-9,11H2,(H,19,23). The molecule has 1 aliphatic heterocycles. The molecule has 2 heterocycles. The number of carbonyl (C=O) groups excluding carboxylic acids is 1. The van der Waals surface area contributed by atoms with Crippen molar-refractivity contribution in [2.45, 2.75) is 25.8 Å². The minimum Gasteiger partial charge on any atom is -0.357 e. The first-order valence-corrected chi connectivity index (χ1v) is 8.90. The van der Waals surface area contributed by atoms with E-state index in [9.17, 15) is 4.79 Å². The van der Waals surface area contributed by atoms with Crippen LogP contribution in [0.3, 0.4) is 0 Å². The number of aromatic nitrogens is 2. The van der Waals surface area contributed by atoms with E-state index in [1.54, 1.807) is 6.07 Å². The molecule has 1 N–H and O–H groups in total. The highest BCUT2D eigenvalue weighted by Gasteiger charge is 2.15. The fourth-order valence-corrected chi connectivity index (χ4v) is 3.00. The van der Waals surface area contributed by atoms with Crippen LogP contribution in [0.4, 0.5) is 5.82 Å². The summed E-state index contributed by atoms with van der Waals surface area (Å²) >= 11 is 2.26. The number of benzene rings is 1. The number of piperidine rings is 1. The molecule has 1 fully saturated rings. The molecule has 1 aromatic heterocycles. The number of nitrogens with zero attached hydrogens (tertiary/aromatic N) is 3. The Hall–Kier alpha value is -1.70. The molecule has 23 heavy (non-hydrogen) atoms. The summed E-state index contributed by atoms with van der Waals surface area (Å²) in [6.45, 7) is 2.50. The zero-order valence-corrected chi connectivity index (χ0v) is 15.0. The van der Waals surface area contributed by atoms with Crippen LogP contribution in [0.15, 0.2) is 36.7 Å². The smallest absolute Gasteiger partial charge is 0.270 e. The van der Waals surface area contributed by atoms with Gasteiger partial charge in [-0.05, 0) is 59.5 Å². The quantitative estimate of drug-likeness (QED) is 0.770. The lowest BCUT2D eigenvalue weighted by atomic mass is 10.1. The molecule has 0 aliphatic carbocycles. The lowest BCUT2D eigenvalue weighted by Crippen LogP contribution is -2.31. The molecule has 0 atom stereocenters. The van der Waals surface area contributed by atoms with Gasteiger partial charge in [0.05, 0.1) is 0 Å². The highest BCUT2D eigenvalue weighted by Crippen LogP contribution is 2.17. The number of hydrogen-bond donors (Lipinski definition) is 1. The molecule has 0 bridgehead atoms. The number of halogens is 1. The van der Waals surface area contributed by atoms with Crippen LogP contribution in [-0.4, -0.2) is 29.0 Å². The van der Waals surface area contributed by atoms with Gasteiger partial charge in [-0.1, -0.05) is 12.1 Å². The highest BCUT2D eigenvalue weighted by atomic mass is 127. The Bertz CT molecular complexity index is 669. The van der Waals surface area contributed by atoms with Crippen LogP contribution >= 0.6 is 22.6 Å². The van der Waals surface area contributed by atoms with Gasteiger partial charge in [-0.15, -0.1) is 0 Å². The number of carbonyl (C=O) groups is 1. The Balaban J connectivity index is 1.63. The van der Waals surface area contributed by atoms with Crippen LogP contribution in [0.1, 0.15) is 35.3 Å². The summed E-state index contributed by atoms with van der Waals surface area (Å²) in [7, 11) is 0. The lowest BCUT2D eigenvalue weighted by molar-refractivity contribution is 0.0945. The first-order valence-electron chi connectivity index (χ1n) is 7.82. The first kappa shape index (κ1) is 16.2. The predicted molar refractivity (Wildman–Crippen MR) is 98.4 cm³/mol. The molecule has 0 radical (unpaired) electrons. The van der Waals surface area contributed by atoms with Gasteiger partial charge in [0.15, 0.2) is 0 Å². The monoisotopic (exact) mass is 422 g/mol. The molecule has 1 aliphatic rings. The number of nitrogens with one attached hydrogen (secondary N) is 1. The van der Waals surface area contributed by atoms with Crippen LogP contribution in [0, 0.1) is 3.57 Å². The van der Waals surface area contributed by atoms with Crippen molar-refractivity contribution in [3.63, 3.8) is 0 Å². The third-order valence-electron chi connectivity index (χ3n) is 3.93. The summed E-state index contributed by atoms with van der Waals surface area (Å²) in [6, 6.07) is 9.87. The Morgan fingerprint density at radius 1 is 1.13 bits per heavy atom. The van der Waals surface area contributed by atoms with Crippen molar-refractivity contribution in [3.8, 4) is 0 Å². The molecular weight excluding hydrogens is 403 g/mol. The van der Waals surface area contributed by atoms with E-state index < -0.39 is 0 Å². The van der Waals surface area contributed by atoms with E-state index in [4.69, 9.17) is 0 Å². The average molecular weight is 422 g/mol. The Labute approximate surface area is 149 Å². The van der Waals surface area contributed by atoms with Crippen molar-refractivity contribution >= 4 is 34.3 Å². The SMILES string of the molecule is O=C(NCc1ccc(I)cc1)c1cc(N2CCCCC2)ncn1. The molecule has 5 nitrogen and oxygen atoms in total. The average Bonchev–Trinajstić information content (AvgIpc) is 2.62. The van der Waals surface area contributed by atoms with Gasteiger partial charge in [-0.25, -0.2) is 9.97 Å². The van der Waals surface area contributed by atoms with Gasteiger partial charge >= 0.3 is 0 Å². The van der Waals surface area contributed by atoms with Gasteiger partial charge in [-0.3, -0.25) is 4.79 Å². The van der Waals surface area contributed by atoms with E-state index in [0.29, 0.717) is 12.2 Å². The summed E-state index contributed by atoms with van der Waals surface area (Å²) in [5.74, 6) is 0.684. The van der Waals surface area contributed by atoms with Crippen molar-refractivity contribution in [2.75, 3.05) is 18.0 Å². The number of anilines is 1. The van der Waals surface area contributed by atoms with Crippen molar-refractivity contribution in [1.82, 2.24) is 15.3 Å². The van der Waals surface area contributed by atoms with E-state index in [-0.39, 0.29) is 5.91 Å². The lowest BCUT2D eigenvalue weighted by Gasteiger charge is -2.27. The maximum Gasteiger partial charge on any atom is 0.270 e. The first-order chi connectivity index (χ1) is 11.2. The van der Waals surface area contributed by atoms with Crippen LogP contribution in [-0.2, 0) is 6.54 Å². The number of rotatable bonds is 4. The second-order valence-electron chi connectivity index (χ2n) is 5.62. The number of hydrogen-bond acceptors (Lipinski definition) is 4. The molecule has 1 aromatic carbocycles. The topological polar surface area (TPSA) is 58.1 Å². The van der Waals surface area contributed by atoms with Crippen LogP contribution in [0.2, 0.25) is 0 Å². The third kappa shape index (κ3) is 4.40. The maximum atomic E-state index is 12.3. The van der Waals surface area contributed by atoms with E-state index in [1.165, 1.54) is 29.2 Å². The molecule has 0 spiro atoms. The zero-order valence-electron chi connectivity index (χ0n) is 12.8. The molecule has 6 heteroatoms. The van der Waals surface area contributed by atoms with E-state index in [1.807, 2.05) is 24.3 Å². The van der Waals surface area contributed by atoms with Gasteiger partial charge in [0, 0.05) is 29.3 Å². The van der Waals surface area contributed by atoms with Gasteiger partial charge in [0.1, 0.15) is 17.8 Å².